The number of thiazole rings is 1. The van der Waals surface area contributed by atoms with Crippen LogP contribution in [0.4, 0.5) is 5.95 Å². The van der Waals surface area contributed by atoms with E-state index < -0.39 is 0 Å². The fraction of sp³-hybridized carbons (Fsp3) is 0.214. The molecule has 0 spiro atoms. The van der Waals surface area contributed by atoms with Gasteiger partial charge in [-0.3, -0.25) is 10.1 Å². The summed E-state index contributed by atoms with van der Waals surface area (Å²) in [5.41, 5.74) is 2.04. The van der Waals surface area contributed by atoms with Crippen molar-refractivity contribution < 1.29 is 4.79 Å². The van der Waals surface area contributed by atoms with Gasteiger partial charge in [0.05, 0.1) is 10.5 Å². The highest BCUT2D eigenvalue weighted by Crippen LogP contribution is 2.25. The van der Waals surface area contributed by atoms with Gasteiger partial charge in [0.25, 0.3) is 0 Å². The van der Waals surface area contributed by atoms with Gasteiger partial charge in [0, 0.05) is 10.9 Å². The molecule has 21 heavy (non-hydrogen) atoms. The van der Waals surface area contributed by atoms with Gasteiger partial charge in [0.15, 0.2) is 0 Å². The number of rotatable bonds is 4. The Morgan fingerprint density at radius 1 is 1.43 bits per heavy atom. The summed E-state index contributed by atoms with van der Waals surface area (Å²) < 4.78 is 1.75. The molecule has 0 fully saturated rings. The van der Waals surface area contributed by atoms with Crippen LogP contribution in [0.1, 0.15) is 13.3 Å². The molecular formula is C14H13BrN4OS. The van der Waals surface area contributed by atoms with Crippen LogP contribution < -0.4 is 5.32 Å². The van der Waals surface area contributed by atoms with Crippen LogP contribution in [0.3, 0.4) is 0 Å². The number of hydrogen-bond donors (Lipinski definition) is 1. The molecule has 108 valence electrons. The van der Waals surface area contributed by atoms with Gasteiger partial charge >= 0.3 is 0 Å². The van der Waals surface area contributed by atoms with Crippen molar-refractivity contribution in [2.75, 3.05) is 5.32 Å². The van der Waals surface area contributed by atoms with E-state index in [-0.39, 0.29) is 10.7 Å². The summed E-state index contributed by atoms with van der Waals surface area (Å²) in [4.78, 5) is 16.7. The molecule has 7 heteroatoms. The van der Waals surface area contributed by atoms with E-state index >= 15 is 0 Å². The second-order valence-corrected chi connectivity index (χ2v) is 6.42. The standard InChI is InChI=1S/C14H13BrN4OS/c1-2-10(15)12(20)16-13-17-14-19(18-13)11(8-21-14)9-6-4-3-5-7-9/h3-8,10H,2H2,1H3,(H,16,18,20). The lowest BCUT2D eigenvalue weighted by Crippen LogP contribution is -2.22. The Bertz CT molecular complexity index is 768. The maximum absolute atomic E-state index is 11.9. The van der Waals surface area contributed by atoms with Gasteiger partial charge in [-0.25, -0.2) is 4.52 Å². The fourth-order valence-corrected chi connectivity index (χ4v) is 2.86. The SMILES string of the molecule is CCC(Br)C(=O)Nc1nc2scc(-c3ccccc3)n2n1. The number of amides is 1. The van der Waals surface area contributed by atoms with Crippen molar-refractivity contribution in [2.45, 2.75) is 18.2 Å². The number of nitrogens with one attached hydrogen (secondary N) is 1. The van der Waals surface area contributed by atoms with Gasteiger partial charge < -0.3 is 0 Å². The van der Waals surface area contributed by atoms with E-state index in [1.54, 1.807) is 4.52 Å². The minimum atomic E-state index is -0.229. The number of alkyl halides is 1. The van der Waals surface area contributed by atoms with Gasteiger partial charge in [-0.1, -0.05) is 53.2 Å². The zero-order valence-corrected chi connectivity index (χ0v) is 13.7. The highest BCUT2D eigenvalue weighted by molar-refractivity contribution is 9.10. The molecule has 1 atom stereocenters. The summed E-state index contributed by atoms with van der Waals surface area (Å²) in [6, 6.07) is 9.98. The van der Waals surface area contributed by atoms with Crippen molar-refractivity contribution in [2.24, 2.45) is 0 Å². The number of hydrogen-bond acceptors (Lipinski definition) is 4. The number of anilines is 1. The molecule has 3 rings (SSSR count). The van der Waals surface area contributed by atoms with E-state index in [1.807, 2.05) is 42.6 Å². The second-order valence-electron chi connectivity index (χ2n) is 4.48. The van der Waals surface area contributed by atoms with Crippen LogP contribution in [0.5, 0.6) is 0 Å². The van der Waals surface area contributed by atoms with Gasteiger partial charge in [-0.2, -0.15) is 4.98 Å². The molecule has 0 radical (unpaired) electrons. The van der Waals surface area contributed by atoms with Crippen molar-refractivity contribution in [3.8, 4) is 11.3 Å². The molecule has 5 nitrogen and oxygen atoms in total. The smallest absolute Gasteiger partial charge is 0.250 e. The van der Waals surface area contributed by atoms with E-state index in [4.69, 9.17) is 0 Å². The van der Waals surface area contributed by atoms with Crippen molar-refractivity contribution in [1.82, 2.24) is 14.6 Å². The summed E-state index contributed by atoms with van der Waals surface area (Å²) in [7, 11) is 0. The zero-order chi connectivity index (χ0) is 14.8. The summed E-state index contributed by atoms with van der Waals surface area (Å²) in [5.74, 6) is 0.207. The first kappa shape index (κ1) is 14.2. The van der Waals surface area contributed by atoms with Crippen LogP contribution in [0.2, 0.25) is 0 Å². The zero-order valence-electron chi connectivity index (χ0n) is 11.3. The lowest BCUT2D eigenvalue weighted by molar-refractivity contribution is -0.115. The van der Waals surface area contributed by atoms with E-state index in [0.717, 1.165) is 16.2 Å². The van der Waals surface area contributed by atoms with Crippen LogP contribution in [0, 0.1) is 0 Å². The predicted octanol–water partition coefficient (Wildman–Crippen LogP) is 3.57. The Hall–Kier alpha value is -1.73. The molecule has 2 heterocycles. The first-order valence-electron chi connectivity index (χ1n) is 6.53. The van der Waals surface area contributed by atoms with Gasteiger partial charge in [0.2, 0.25) is 16.8 Å². The average molecular weight is 365 g/mol. The van der Waals surface area contributed by atoms with Crippen molar-refractivity contribution in [3.05, 3.63) is 35.7 Å². The quantitative estimate of drug-likeness (QED) is 0.719. The van der Waals surface area contributed by atoms with Crippen molar-refractivity contribution in [1.29, 1.82) is 0 Å². The molecule has 1 N–H and O–H groups in total. The number of aromatic nitrogens is 3. The maximum atomic E-state index is 11.9. The van der Waals surface area contributed by atoms with E-state index in [2.05, 4.69) is 31.3 Å². The molecule has 0 aliphatic rings. The third-order valence-corrected chi connectivity index (χ3v) is 4.91. The highest BCUT2D eigenvalue weighted by Gasteiger charge is 2.16. The first-order chi connectivity index (χ1) is 10.2. The first-order valence-corrected chi connectivity index (χ1v) is 8.33. The van der Waals surface area contributed by atoms with Crippen LogP contribution in [0.15, 0.2) is 35.7 Å². The van der Waals surface area contributed by atoms with E-state index in [9.17, 15) is 4.79 Å². The van der Waals surface area contributed by atoms with Crippen LogP contribution in [-0.4, -0.2) is 25.3 Å². The molecule has 1 unspecified atom stereocenters. The molecule has 0 saturated heterocycles. The minimum Gasteiger partial charge on any atom is -0.292 e. The van der Waals surface area contributed by atoms with Gasteiger partial charge in [-0.15, -0.1) is 16.4 Å². The largest absolute Gasteiger partial charge is 0.292 e. The van der Waals surface area contributed by atoms with Crippen molar-refractivity contribution in [3.63, 3.8) is 0 Å². The van der Waals surface area contributed by atoms with Crippen molar-refractivity contribution >= 4 is 44.1 Å². The fourth-order valence-electron chi connectivity index (χ4n) is 1.92. The number of fused-ring (bicyclic) bond motifs is 1. The molecule has 0 bridgehead atoms. The summed E-state index contributed by atoms with van der Waals surface area (Å²) >= 11 is 4.81. The molecule has 0 saturated carbocycles. The Labute approximate surface area is 134 Å². The lowest BCUT2D eigenvalue weighted by Gasteiger charge is -2.04. The van der Waals surface area contributed by atoms with Crippen LogP contribution in [-0.2, 0) is 4.79 Å². The topological polar surface area (TPSA) is 59.3 Å². The number of nitrogens with zero attached hydrogens (tertiary/aromatic N) is 3. The number of benzene rings is 1. The molecular weight excluding hydrogens is 352 g/mol. The van der Waals surface area contributed by atoms with Crippen LogP contribution in [0.25, 0.3) is 16.2 Å². The second kappa shape index (κ2) is 5.95. The highest BCUT2D eigenvalue weighted by atomic mass is 79.9. The molecule has 0 aliphatic heterocycles. The molecule has 0 aliphatic carbocycles. The summed E-state index contributed by atoms with van der Waals surface area (Å²) in [5, 5.41) is 9.10. The van der Waals surface area contributed by atoms with Gasteiger partial charge in [-0.05, 0) is 6.42 Å². The Morgan fingerprint density at radius 3 is 2.90 bits per heavy atom. The molecule has 2 aromatic heterocycles. The molecule has 1 aromatic carbocycles. The molecule has 3 aromatic rings. The van der Waals surface area contributed by atoms with Crippen LogP contribution >= 0.6 is 27.3 Å². The third kappa shape index (κ3) is 2.84. The molecule has 1 amide bonds. The Morgan fingerprint density at radius 2 is 2.19 bits per heavy atom. The lowest BCUT2D eigenvalue weighted by atomic mass is 10.2. The summed E-state index contributed by atoms with van der Waals surface area (Å²) in [6.07, 6.45) is 0.712. The minimum absolute atomic E-state index is 0.128. The monoisotopic (exact) mass is 364 g/mol. The van der Waals surface area contributed by atoms with E-state index in [1.165, 1.54) is 11.3 Å². The Balaban J connectivity index is 1.92. The van der Waals surface area contributed by atoms with Gasteiger partial charge in [0.1, 0.15) is 0 Å². The summed E-state index contributed by atoms with van der Waals surface area (Å²) in [6.45, 7) is 1.94. The average Bonchev–Trinajstić information content (AvgIpc) is 3.07. The maximum Gasteiger partial charge on any atom is 0.250 e. The van der Waals surface area contributed by atoms with E-state index in [0.29, 0.717) is 12.4 Å². The normalized spacial score (nSPS) is 12.5. The number of carbonyl (C=O) groups excluding carboxylic acids is 1. The predicted molar refractivity (Wildman–Crippen MR) is 87.9 cm³/mol. The third-order valence-electron chi connectivity index (χ3n) is 3.03. The number of halogens is 1. The Kier molecular flexibility index (Phi) is 4.03. The number of carbonyl (C=O) groups is 1.